The van der Waals surface area contributed by atoms with E-state index < -0.39 is 15.6 Å². The van der Waals surface area contributed by atoms with Crippen molar-refractivity contribution in [2.45, 2.75) is 55.6 Å². The Hall–Kier alpha value is -1.78. The van der Waals surface area contributed by atoms with Crippen molar-refractivity contribution < 1.29 is 18.0 Å². The first-order chi connectivity index (χ1) is 11.8. The zero-order chi connectivity index (χ0) is 17.8. The fraction of sp³-hybridized carbons (Fsp3) is 0.667. The molecular weight excluding hydrogens is 346 g/mol. The fourth-order valence-electron chi connectivity index (χ4n) is 2.95. The minimum absolute atomic E-state index is 0.0321. The molecule has 2 N–H and O–H groups in total. The van der Waals surface area contributed by atoms with Crippen LogP contribution < -0.4 is 0 Å². The Bertz CT molecular complexity index is 885. The van der Waals surface area contributed by atoms with Gasteiger partial charge in [0, 0.05) is 24.8 Å². The van der Waals surface area contributed by atoms with Gasteiger partial charge in [0.1, 0.15) is 5.82 Å². The van der Waals surface area contributed by atoms with Gasteiger partial charge in [0.2, 0.25) is 0 Å². The fourth-order valence-corrected chi connectivity index (χ4v) is 4.37. The molecule has 1 aliphatic carbocycles. The molecule has 1 saturated heterocycles. The van der Waals surface area contributed by atoms with Crippen molar-refractivity contribution >= 4 is 10.0 Å². The summed E-state index contributed by atoms with van der Waals surface area (Å²) in [6.45, 7) is 3.92. The van der Waals surface area contributed by atoms with Gasteiger partial charge in [0.05, 0.1) is 12.7 Å². The van der Waals surface area contributed by atoms with Gasteiger partial charge in [-0.05, 0) is 12.8 Å². The van der Waals surface area contributed by atoms with Crippen LogP contribution in [-0.2, 0) is 15.6 Å². The van der Waals surface area contributed by atoms with E-state index in [1.807, 2.05) is 13.8 Å². The number of H-pyrrole nitrogens is 1. The van der Waals surface area contributed by atoms with Crippen molar-refractivity contribution in [2.24, 2.45) is 0 Å². The highest BCUT2D eigenvalue weighted by Crippen LogP contribution is 2.40. The molecule has 0 radical (unpaired) electrons. The van der Waals surface area contributed by atoms with E-state index in [2.05, 4.69) is 20.1 Å². The monoisotopic (exact) mass is 367 g/mol. The lowest BCUT2D eigenvalue weighted by Crippen LogP contribution is -2.34. The minimum atomic E-state index is -3.76. The van der Waals surface area contributed by atoms with Crippen LogP contribution in [0.15, 0.2) is 15.7 Å². The number of imidazole rings is 1. The number of aliphatic hydroxyl groups is 1. The predicted molar refractivity (Wildman–Crippen MR) is 86.2 cm³/mol. The van der Waals surface area contributed by atoms with Crippen molar-refractivity contribution in [2.75, 3.05) is 13.1 Å². The molecule has 1 saturated carbocycles. The number of rotatable bonds is 5. The molecule has 4 rings (SSSR count). The zero-order valence-electron chi connectivity index (χ0n) is 14.1. The summed E-state index contributed by atoms with van der Waals surface area (Å²) in [7, 11) is -3.76. The third kappa shape index (κ3) is 2.87. The number of sulfonamides is 1. The number of aromatic nitrogens is 4. The molecule has 0 bridgehead atoms. The summed E-state index contributed by atoms with van der Waals surface area (Å²) >= 11 is 0. The number of hydrogen-bond acceptors (Lipinski definition) is 7. The second kappa shape index (κ2) is 5.61. The second-order valence-electron chi connectivity index (χ2n) is 7.14. The van der Waals surface area contributed by atoms with E-state index in [0.29, 0.717) is 17.6 Å². The minimum Gasteiger partial charge on any atom is -0.379 e. The standard InChI is InChI=1S/C15H21N5O4S/c1-9(2)12-16-7-11(17-12)25(22,23)20-6-5-15(21,8-20)14-18-13(19-24-14)10-3-4-10/h7,9-10,21H,3-6,8H2,1-2H3,(H,16,17). The van der Waals surface area contributed by atoms with Crippen LogP contribution in [0.5, 0.6) is 0 Å². The molecule has 25 heavy (non-hydrogen) atoms. The van der Waals surface area contributed by atoms with Gasteiger partial charge < -0.3 is 14.6 Å². The third-order valence-corrected chi connectivity index (χ3v) is 6.49. The highest BCUT2D eigenvalue weighted by Gasteiger charge is 2.47. The highest BCUT2D eigenvalue weighted by atomic mass is 32.2. The molecule has 2 aromatic rings. The van der Waals surface area contributed by atoms with Gasteiger partial charge in [-0.1, -0.05) is 19.0 Å². The number of β-amino-alcohol motifs (C(OH)–C–C–N with tert-alkyl or cyclic N) is 1. The van der Waals surface area contributed by atoms with Gasteiger partial charge >= 0.3 is 0 Å². The molecule has 2 aliphatic rings. The largest absolute Gasteiger partial charge is 0.379 e. The summed E-state index contributed by atoms with van der Waals surface area (Å²) in [6.07, 6.45) is 3.58. The van der Waals surface area contributed by atoms with Crippen LogP contribution in [0.4, 0.5) is 0 Å². The van der Waals surface area contributed by atoms with E-state index in [-0.39, 0.29) is 36.3 Å². The Kier molecular flexibility index (Phi) is 3.74. The highest BCUT2D eigenvalue weighted by molar-refractivity contribution is 7.89. The first-order valence-corrected chi connectivity index (χ1v) is 9.85. The molecule has 136 valence electrons. The Morgan fingerprint density at radius 2 is 2.20 bits per heavy atom. The third-order valence-electron chi connectivity index (χ3n) is 4.73. The lowest BCUT2D eigenvalue weighted by Gasteiger charge is -2.19. The van der Waals surface area contributed by atoms with Crippen LogP contribution in [0.3, 0.4) is 0 Å². The first kappa shape index (κ1) is 16.7. The maximum atomic E-state index is 12.8. The molecule has 3 heterocycles. The Balaban J connectivity index is 1.55. The normalized spacial score (nSPS) is 25.1. The van der Waals surface area contributed by atoms with Crippen molar-refractivity contribution in [1.82, 2.24) is 24.4 Å². The molecule has 0 amide bonds. The lowest BCUT2D eigenvalue weighted by atomic mass is 10.0. The van der Waals surface area contributed by atoms with E-state index in [1.54, 1.807) is 0 Å². The molecule has 10 heteroatoms. The molecule has 1 aliphatic heterocycles. The van der Waals surface area contributed by atoms with Gasteiger partial charge in [0.25, 0.3) is 15.9 Å². The summed E-state index contributed by atoms with van der Waals surface area (Å²) < 4.78 is 32.0. The van der Waals surface area contributed by atoms with E-state index >= 15 is 0 Å². The Labute approximate surface area is 145 Å². The van der Waals surface area contributed by atoms with Gasteiger partial charge in [0.15, 0.2) is 16.5 Å². The summed E-state index contributed by atoms with van der Waals surface area (Å²) in [5, 5.41) is 14.8. The number of nitrogens with zero attached hydrogens (tertiary/aromatic N) is 4. The number of nitrogens with one attached hydrogen (secondary N) is 1. The van der Waals surface area contributed by atoms with Crippen molar-refractivity contribution in [3.05, 3.63) is 23.7 Å². The van der Waals surface area contributed by atoms with E-state index in [4.69, 9.17) is 4.52 Å². The summed E-state index contributed by atoms with van der Waals surface area (Å²) in [5.74, 6) is 1.71. The van der Waals surface area contributed by atoms with Gasteiger partial charge in [-0.3, -0.25) is 0 Å². The van der Waals surface area contributed by atoms with Crippen molar-refractivity contribution in [3.8, 4) is 0 Å². The molecule has 2 fully saturated rings. The molecule has 2 aromatic heterocycles. The zero-order valence-corrected chi connectivity index (χ0v) is 15.0. The van der Waals surface area contributed by atoms with E-state index in [1.165, 1.54) is 10.5 Å². The topological polar surface area (TPSA) is 125 Å². The van der Waals surface area contributed by atoms with Crippen LogP contribution in [0.1, 0.15) is 62.5 Å². The summed E-state index contributed by atoms with van der Waals surface area (Å²) in [4.78, 5) is 11.2. The Morgan fingerprint density at radius 1 is 1.44 bits per heavy atom. The average molecular weight is 367 g/mol. The van der Waals surface area contributed by atoms with Crippen LogP contribution in [0, 0.1) is 0 Å². The lowest BCUT2D eigenvalue weighted by molar-refractivity contribution is 0.0194. The smallest absolute Gasteiger partial charge is 0.260 e. The van der Waals surface area contributed by atoms with E-state index in [9.17, 15) is 13.5 Å². The predicted octanol–water partition coefficient (Wildman–Crippen LogP) is 1.08. The van der Waals surface area contributed by atoms with Crippen LogP contribution >= 0.6 is 0 Å². The molecular formula is C15H21N5O4S. The molecule has 1 atom stereocenters. The van der Waals surface area contributed by atoms with Crippen LogP contribution in [0.2, 0.25) is 0 Å². The van der Waals surface area contributed by atoms with E-state index in [0.717, 1.165) is 12.8 Å². The molecule has 0 spiro atoms. The maximum absolute atomic E-state index is 12.8. The van der Waals surface area contributed by atoms with Gasteiger partial charge in [-0.2, -0.15) is 9.29 Å². The number of hydrogen-bond donors (Lipinski definition) is 2. The quantitative estimate of drug-likeness (QED) is 0.810. The first-order valence-electron chi connectivity index (χ1n) is 8.41. The summed E-state index contributed by atoms with van der Waals surface area (Å²) in [5.41, 5.74) is -1.45. The van der Waals surface area contributed by atoms with Crippen molar-refractivity contribution in [3.63, 3.8) is 0 Å². The SMILES string of the molecule is CC(C)c1ncc(S(=O)(=O)N2CCC(O)(c3nc(C4CC4)no3)C2)[nH]1. The van der Waals surface area contributed by atoms with Crippen LogP contribution in [0.25, 0.3) is 0 Å². The summed E-state index contributed by atoms with van der Waals surface area (Å²) in [6, 6.07) is 0. The van der Waals surface area contributed by atoms with Crippen LogP contribution in [-0.4, -0.2) is 51.0 Å². The molecule has 1 unspecified atom stereocenters. The van der Waals surface area contributed by atoms with Gasteiger partial charge in [-0.15, -0.1) is 0 Å². The second-order valence-corrected chi connectivity index (χ2v) is 9.05. The Morgan fingerprint density at radius 3 is 2.84 bits per heavy atom. The molecule has 0 aromatic carbocycles. The van der Waals surface area contributed by atoms with Crippen molar-refractivity contribution in [1.29, 1.82) is 0 Å². The molecule has 9 nitrogen and oxygen atoms in total. The average Bonchev–Trinajstić information content (AvgIpc) is 3.01. The number of aromatic amines is 1. The maximum Gasteiger partial charge on any atom is 0.260 e. The van der Waals surface area contributed by atoms with Gasteiger partial charge in [-0.25, -0.2) is 13.4 Å².